The van der Waals surface area contributed by atoms with E-state index in [-0.39, 0.29) is 5.82 Å². The summed E-state index contributed by atoms with van der Waals surface area (Å²) in [6, 6.07) is 12.0. The fourth-order valence-electron chi connectivity index (χ4n) is 3.02. The molecule has 1 fully saturated rings. The summed E-state index contributed by atoms with van der Waals surface area (Å²) in [5, 5.41) is 0. The molecule has 0 N–H and O–H groups in total. The van der Waals surface area contributed by atoms with Gasteiger partial charge in [-0.25, -0.2) is 12.8 Å². The summed E-state index contributed by atoms with van der Waals surface area (Å²) in [5.74, 6) is -0.215. The molecule has 1 heterocycles. The van der Waals surface area contributed by atoms with Crippen LogP contribution in [0.2, 0.25) is 0 Å². The van der Waals surface area contributed by atoms with Gasteiger partial charge in [0.25, 0.3) is 0 Å². The van der Waals surface area contributed by atoms with Crippen molar-refractivity contribution in [1.29, 1.82) is 0 Å². The number of sulfonamides is 1. The van der Waals surface area contributed by atoms with Crippen LogP contribution in [-0.4, -0.2) is 43.8 Å². The average Bonchev–Trinajstić information content (AvgIpc) is 2.60. The van der Waals surface area contributed by atoms with Crippen LogP contribution in [0, 0.1) is 19.7 Å². The molecule has 0 saturated carbocycles. The van der Waals surface area contributed by atoms with Gasteiger partial charge in [0.2, 0.25) is 10.0 Å². The zero-order valence-electron chi connectivity index (χ0n) is 14.6. The highest BCUT2D eigenvalue weighted by atomic mass is 32.2. The summed E-state index contributed by atoms with van der Waals surface area (Å²) >= 11 is 0. The van der Waals surface area contributed by atoms with Crippen molar-refractivity contribution in [3.63, 3.8) is 0 Å². The lowest BCUT2D eigenvalue weighted by Crippen LogP contribution is -2.48. The molecule has 0 aliphatic carbocycles. The van der Waals surface area contributed by atoms with Gasteiger partial charge < -0.3 is 0 Å². The molecule has 4 nitrogen and oxygen atoms in total. The Hall–Kier alpha value is -1.76. The minimum Gasteiger partial charge on any atom is -0.296 e. The van der Waals surface area contributed by atoms with Crippen LogP contribution >= 0.6 is 0 Å². The van der Waals surface area contributed by atoms with Crippen molar-refractivity contribution in [2.24, 2.45) is 0 Å². The number of hydrogen-bond acceptors (Lipinski definition) is 3. The minimum absolute atomic E-state index is 0.215. The quantitative estimate of drug-likeness (QED) is 0.840. The van der Waals surface area contributed by atoms with Crippen LogP contribution in [0.25, 0.3) is 0 Å². The van der Waals surface area contributed by atoms with Gasteiger partial charge in [0.05, 0.1) is 4.90 Å². The molecule has 0 radical (unpaired) electrons. The van der Waals surface area contributed by atoms with Crippen molar-refractivity contribution in [3.05, 3.63) is 65.0 Å². The first-order valence-electron chi connectivity index (χ1n) is 8.41. The number of halogens is 1. The van der Waals surface area contributed by atoms with Gasteiger partial charge in [-0.3, -0.25) is 4.90 Å². The van der Waals surface area contributed by atoms with Gasteiger partial charge in [0.1, 0.15) is 5.82 Å². The molecule has 2 aromatic carbocycles. The summed E-state index contributed by atoms with van der Waals surface area (Å²) in [6.07, 6.45) is 0. The minimum atomic E-state index is -3.47. The third kappa shape index (κ3) is 3.92. The van der Waals surface area contributed by atoms with Gasteiger partial charge in [-0.2, -0.15) is 4.31 Å². The van der Waals surface area contributed by atoms with Crippen molar-refractivity contribution in [1.82, 2.24) is 9.21 Å². The molecule has 0 bridgehead atoms. The third-order valence-corrected chi connectivity index (χ3v) is 6.69. The van der Waals surface area contributed by atoms with Crippen LogP contribution in [0.1, 0.15) is 16.7 Å². The zero-order valence-corrected chi connectivity index (χ0v) is 15.4. The second-order valence-electron chi connectivity index (χ2n) is 6.52. The maximum Gasteiger partial charge on any atom is 0.243 e. The normalized spacial score (nSPS) is 16.9. The molecule has 25 heavy (non-hydrogen) atoms. The Kier molecular flexibility index (Phi) is 5.22. The van der Waals surface area contributed by atoms with Crippen molar-refractivity contribution in [3.8, 4) is 0 Å². The second kappa shape index (κ2) is 7.23. The second-order valence-corrected chi connectivity index (χ2v) is 8.46. The number of hydrogen-bond donors (Lipinski definition) is 0. The average molecular weight is 362 g/mol. The van der Waals surface area contributed by atoms with E-state index in [0.29, 0.717) is 43.2 Å². The monoisotopic (exact) mass is 362 g/mol. The summed E-state index contributed by atoms with van der Waals surface area (Å²) in [7, 11) is -3.47. The molecule has 0 unspecified atom stereocenters. The number of aryl methyl sites for hydroxylation is 2. The van der Waals surface area contributed by atoms with E-state index < -0.39 is 10.0 Å². The van der Waals surface area contributed by atoms with Gasteiger partial charge in [0.15, 0.2) is 0 Å². The van der Waals surface area contributed by atoms with E-state index in [1.54, 1.807) is 24.3 Å². The SMILES string of the molecule is Cc1ccc(S(=O)(=O)N2CCN(Cc3ccccc3F)CC2)cc1C. The van der Waals surface area contributed by atoms with E-state index in [1.165, 1.54) is 10.4 Å². The van der Waals surface area contributed by atoms with E-state index in [1.807, 2.05) is 26.0 Å². The van der Waals surface area contributed by atoms with Gasteiger partial charge in [-0.05, 0) is 43.2 Å². The van der Waals surface area contributed by atoms with Gasteiger partial charge in [-0.1, -0.05) is 24.3 Å². The molecule has 0 atom stereocenters. The predicted octanol–water partition coefficient (Wildman–Crippen LogP) is 2.95. The number of benzene rings is 2. The van der Waals surface area contributed by atoms with Gasteiger partial charge in [-0.15, -0.1) is 0 Å². The van der Waals surface area contributed by atoms with Crippen molar-refractivity contribution >= 4 is 10.0 Å². The Labute approximate surface area is 148 Å². The largest absolute Gasteiger partial charge is 0.296 e. The van der Waals surface area contributed by atoms with E-state index in [4.69, 9.17) is 0 Å². The Balaban J connectivity index is 1.67. The fraction of sp³-hybridized carbons (Fsp3) is 0.368. The van der Waals surface area contributed by atoms with E-state index in [0.717, 1.165) is 11.1 Å². The van der Waals surface area contributed by atoms with Crippen LogP contribution in [0.4, 0.5) is 4.39 Å². The first kappa shape index (κ1) is 18.0. The van der Waals surface area contributed by atoms with Gasteiger partial charge >= 0.3 is 0 Å². The molecule has 3 rings (SSSR count). The lowest BCUT2D eigenvalue weighted by molar-refractivity contribution is 0.180. The maximum atomic E-state index is 13.8. The Morgan fingerprint density at radius 3 is 2.28 bits per heavy atom. The first-order chi connectivity index (χ1) is 11.9. The number of rotatable bonds is 4. The Morgan fingerprint density at radius 1 is 0.960 bits per heavy atom. The van der Waals surface area contributed by atoms with Crippen molar-refractivity contribution in [2.75, 3.05) is 26.2 Å². The summed E-state index contributed by atoms with van der Waals surface area (Å²) < 4.78 is 40.9. The molecule has 1 aliphatic rings. The van der Waals surface area contributed by atoms with Crippen molar-refractivity contribution < 1.29 is 12.8 Å². The van der Waals surface area contributed by atoms with Crippen LogP contribution in [0.15, 0.2) is 47.4 Å². The molecule has 134 valence electrons. The Morgan fingerprint density at radius 2 is 1.64 bits per heavy atom. The fourth-order valence-corrected chi connectivity index (χ4v) is 4.53. The molecular weight excluding hydrogens is 339 g/mol. The first-order valence-corrected chi connectivity index (χ1v) is 9.85. The lowest BCUT2D eigenvalue weighted by atomic mass is 10.1. The van der Waals surface area contributed by atoms with Crippen LogP contribution in [-0.2, 0) is 16.6 Å². The molecule has 2 aromatic rings. The van der Waals surface area contributed by atoms with Crippen molar-refractivity contribution in [2.45, 2.75) is 25.3 Å². The van der Waals surface area contributed by atoms with Crippen LogP contribution in [0.3, 0.4) is 0 Å². The summed E-state index contributed by atoms with van der Waals surface area (Å²) in [6.45, 7) is 6.42. The highest BCUT2D eigenvalue weighted by molar-refractivity contribution is 7.89. The smallest absolute Gasteiger partial charge is 0.243 e. The summed E-state index contributed by atoms with van der Waals surface area (Å²) in [5.41, 5.74) is 2.70. The molecule has 0 aromatic heterocycles. The molecule has 1 aliphatic heterocycles. The number of piperazine rings is 1. The van der Waals surface area contributed by atoms with E-state index in [2.05, 4.69) is 4.90 Å². The molecule has 6 heteroatoms. The molecule has 1 saturated heterocycles. The third-order valence-electron chi connectivity index (χ3n) is 4.80. The van der Waals surface area contributed by atoms with E-state index in [9.17, 15) is 12.8 Å². The number of nitrogens with zero attached hydrogens (tertiary/aromatic N) is 2. The Bertz CT molecular complexity index is 859. The lowest BCUT2D eigenvalue weighted by Gasteiger charge is -2.34. The zero-order chi connectivity index (χ0) is 18.0. The predicted molar refractivity (Wildman–Crippen MR) is 96.4 cm³/mol. The maximum absolute atomic E-state index is 13.8. The molecular formula is C19H23FN2O2S. The summed E-state index contributed by atoms with van der Waals surface area (Å²) in [4.78, 5) is 2.43. The van der Waals surface area contributed by atoms with Gasteiger partial charge in [0, 0.05) is 38.3 Å². The topological polar surface area (TPSA) is 40.6 Å². The van der Waals surface area contributed by atoms with Crippen LogP contribution < -0.4 is 0 Å². The van der Waals surface area contributed by atoms with E-state index >= 15 is 0 Å². The molecule has 0 amide bonds. The van der Waals surface area contributed by atoms with Crippen LogP contribution in [0.5, 0.6) is 0 Å². The standard InChI is InChI=1S/C19H23FN2O2S/c1-15-7-8-18(13-16(15)2)25(23,24)22-11-9-21(10-12-22)14-17-5-3-4-6-19(17)20/h3-8,13H,9-12,14H2,1-2H3. The highest BCUT2D eigenvalue weighted by Gasteiger charge is 2.28. The molecule has 0 spiro atoms. The highest BCUT2D eigenvalue weighted by Crippen LogP contribution is 2.21.